The topological polar surface area (TPSA) is 118 Å². The first-order valence-corrected chi connectivity index (χ1v) is 9.48. The van der Waals surface area contributed by atoms with Crippen LogP contribution >= 0.6 is 11.8 Å². The lowest BCUT2D eigenvalue weighted by Gasteiger charge is -2.40. The second kappa shape index (κ2) is 9.54. The van der Waals surface area contributed by atoms with Gasteiger partial charge >= 0.3 is 17.9 Å². The summed E-state index contributed by atoms with van der Waals surface area (Å²) in [6.45, 7) is 5.02. The summed E-state index contributed by atoms with van der Waals surface area (Å²) in [5.41, 5.74) is -0.509. The number of Topliss-reactive ketones (excluding diaryl/α,β-unsaturated/α-hetero) is 1. The standard InChI is InChI=1S/C18H21NO8S/c1-9(20)13-5-6-19-7-14(13)27-18-17(26-12(4)23)16(25-11(3)22)15(8-28-18)24-10(2)21/h5-7,15-18H,8H2,1-4H3/t15-,16+,17-,18+/m1/s1. The molecule has 1 aliphatic rings. The van der Waals surface area contributed by atoms with Crippen LogP contribution in [0.25, 0.3) is 0 Å². The van der Waals surface area contributed by atoms with E-state index in [4.69, 9.17) is 18.9 Å². The van der Waals surface area contributed by atoms with Gasteiger partial charge in [-0.1, -0.05) is 0 Å². The number of rotatable bonds is 6. The summed E-state index contributed by atoms with van der Waals surface area (Å²) in [5.74, 6) is -1.60. The van der Waals surface area contributed by atoms with E-state index in [0.717, 1.165) is 0 Å². The van der Waals surface area contributed by atoms with Gasteiger partial charge < -0.3 is 18.9 Å². The fourth-order valence-electron chi connectivity index (χ4n) is 2.70. The normalized spacial score (nSPS) is 24.0. The molecule has 2 rings (SSSR count). The molecule has 0 aliphatic carbocycles. The van der Waals surface area contributed by atoms with Crippen LogP contribution in [0.3, 0.4) is 0 Å². The van der Waals surface area contributed by atoms with E-state index in [0.29, 0.717) is 5.56 Å². The summed E-state index contributed by atoms with van der Waals surface area (Å²) < 4.78 is 21.8. The molecule has 1 fully saturated rings. The molecule has 4 atom stereocenters. The van der Waals surface area contributed by atoms with E-state index in [1.54, 1.807) is 0 Å². The molecule has 1 aliphatic heterocycles. The number of carbonyl (C=O) groups is 4. The molecule has 0 spiro atoms. The lowest BCUT2D eigenvalue weighted by Crippen LogP contribution is -2.55. The Balaban J connectivity index is 2.34. The van der Waals surface area contributed by atoms with E-state index in [1.807, 2.05) is 0 Å². The molecule has 10 heteroatoms. The van der Waals surface area contributed by atoms with Gasteiger partial charge in [-0.2, -0.15) is 0 Å². The SMILES string of the molecule is CC(=O)O[C@@H]1[C@@H](OC(C)=O)[C@@H](Oc2cnccc2C(C)=O)SC[C@H]1OC(C)=O. The average molecular weight is 411 g/mol. The predicted molar refractivity (Wildman–Crippen MR) is 97.8 cm³/mol. The van der Waals surface area contributed by atoms with Gasteiger partial charge in [0, 0.05) is 32.7 Å². The summed E-state index contributed by atoms with van der Waals surface area (Å²) in [7, 11) is 0. The Hall–Kier alpha value is -2.62. The van der Waals surface area contributed by atoms with Crippen molar-refractivity contribution in [3.8, 4) is 5.75 Å². The van der Waals surface area contributed by atoms with Crippen LogP contribution in [0.4, 0.5) is 0 Å². The highest BCUT2D eigenvalue weighted by Crippen LogP contribution is 2.35. The van der Waals surface area contributed by atoms with Crippen LogP contribution in [0, 0.1) is 0 Å². The van der Waals surface area contributed by atoms with Crippen molar-refractivity contribution >= 4 is 35.5 Å². The summed E-state index contributed by atoms with van der Waals surface area (Å²) in [6.07, 6.45) is -0.115. The fourth-order valence-corrected chi connectivity index (χ4v) is 3.91. The van der Waals surface area contributed by atoms with E-state index in [1.165, 1.54) is 57.9 Å². The minimum atomic E-state index is -1.07. The molecular weight excluding hydrogens is 390 g/mol. The maximum atomic E-state index is 11.8. The third kappa shape index (κ3) is 5.69. The fraction of sp³-hybridized carbons (Fsp3) is 0.500. The maximum Gasteiger partial charge on any atom is 0.303 e. The van der Waals surface area contributed by atoms with Crippen LogP contribution in [0.5, 0.6) is 5.75 Å². The average Bonchev–Trinajstić information content (AvgIpc) is 2.59. The predicted octanol–water partition coefficient (Wildman–Crippen LogP) is 1.53. The Morgan fingerprint density at radius 1 is 0.964 bits per heavy atom. The van der Waals surface area contributed by atoms with Crippen molar-refractivity contribution in [3.05, 3.63) is 24.0 Å². The van der Waals surface area contributed by atoms with Gasteiger partial charge in [-0.15, -0.1) is 11.8 Å². The zero-order valence-electron chi connectivity index (χ0n) is 15.9. The maximum absolute atomic E-state index is 11.8. The number of thioether (sulfide) groups is 1. The first-order valence-electron chi connectivity index (χ1n) is 8.44. The Labute approximate surface area is 166 Å². The highest BCUT2D eigenvalue weighted by molar-refractivity contribution is 7.99. The molecule has 1 aromatic heterocycles. The quantitative estimate of drug-likeness (QED) is 0.387. The van der Waals surface area contributed by atoms with Crippen molar-refractivity contribution in [1.82, 2.24) is 4.98 Å². The third-order valence-corrected chi connectivity index (χ3v) is 4.93. The molecule has 0 unspecified atom stereocenters. The van der Waals surface area contributed by atoms with Crippen molar-refractivity contribution in [2.45, 2.75) is 51.4 Å². The first-order chi connectivity index (χ1) is 13.2. The van der Waals surface area contributed by atoms with Crippen molar-refractivity contribution in [1.29, 1.82) is 0 Å². The van der Waals surface area contributed by atoms with Crippen molar-refractivity contribution in [3.63, 3.8) is 0 Å². The zero-order valence-corrected chi connectivity index (χ0v) is 16.7. The number of carbonyl (C=O) groups excluding carboxylic acids is 4. The van der Waals surface area contributed by atoms with Crippen molar-refractivity contribution in [2.75, 3.05) is 5.75 Å². The number of pyridine rings is 1. The van der Waals surface area contributed by atoms with Gasteiger partial charge in [0.25, 0.3) is 0 Å². The van der Waals surface area contributed by atoms with Crippen LogP contribution in [0.15, 0.2) is 18.5 Å². The molecule has 0 N–H and O–H groups in total. The van der Waals surface area contributed by atoms with E-state index < -0.39 is 41.7 Å². The van der Waals surface area contributed by atoms with Gasteiger partial charge in [0.2, 0.25) is 0 Å². The molecular formula is C18H21NO8S. The monoisotopic (exact) mass is 411 g/mol. The van der Waals surface area contributed by atoms with E-state index in [-0.39, 0.29) is 17.3 Å². The number of nitrogens with zero attached hydrogens (tertiary/aromatic N) is 1. The number of hydrogen-bond donors (Lipinski definition) is 0. The molecule has 1 saturated heterocycles. The van der Waals surface area contributed by atoms with Gasteiger partial charge in [0.1, 0.15) is 5.75 Å². The minimum Gasteiger partial charge on any atom is -0.473 e. The summed E-state index contributed by atoms with van der Waals surface area (Å²) >= 11 is 1.20. The minimum absolute atomic E-state index is 0.206. The molecule has 0 radical (unpaired) electrons. The second-order valence-electron chi connectivity index (χ2n) is 6.04. The third-order valence-electron chi connectivity index (χ3n) is 3.71. The van der Waals surface area contributed by atoms with Gasteiger partial charge in [-0.05, 0) is 13.0 Å². The lowest BCUT2D eigenvalue weighted by atomic mass is 10.1. The van der Waals surface area contributed by atoms with Crippen LogP contribution < -0.4 is 4.74 Å². The van der Waals surface area contributed by atoms with Crippen LogP contribution in [-0.4, -0.2) is 58.2 Å². The Kier molecular flexibility index (Phi) is 7.38. The number of esters is 3. The van der Waals surface area contributed by atoms with Gasteiger partial charge in [-0.25, -0.2) is 0 Å². The van der Waals surface area contributed by atoms with Gasteiger partial charge in [0.15, 0.2) is 29.5 Å². The molecule has 2 heterocycles. The summed E-state index contributed by atoms with van der Waals surface area (Å²) in [5, 5.41) is 0. The summed E-state index contributed by atoms with van der Waals surface area (Å²) in [6, 6.07) is 1.51. The van der Waals surface area contributed by atoms with Crippen molar-refractivity contribution < 1.29 is 38.1 Å². The smallest absolute Gasteiger partial charge is 0.303 e. The Morgan fingerprint density at radius 3 is 2.14 bits per heavy atom. The highest BCUT2D eigenvalue weighted by atomic mass is 32.2. The number of ether oxygens (including phenoxy) is 4. The Morgan fingerprint density at radius 2 is 1.57 bits per heavy atom. The molecule has 0 bridgehead atoms. The Bertz CT molecular complexity index is 768. The van der Waals surface area contributed by atoms with Crippen LogP contribution in [0.2, 0.25) is 0 Å². The molecule has 0 saturated carbocycles. The number of ketones is 1. The second-order valence-corrected chi connectivity index (χ2v) is 7.17. The number of hydrogen-bond acceptors (Lipinski definition) is 10. The lowest BCUT2D eigenvalue weighted by molar-refractivity contribution is -0.186. The van der Waals surface area contributed by atoms with E-state index in [2.05, 4.69) is 4.98 Å². The van der Waals surface area contributed by atoms with E-state index >= 15 is 0 Å². The van der Waals surface area contributed by atoms with Gasteiger partial charge in [0.05, 0.1) is 11.8 Å². The number of aromatic nitrogens is 1. The molecule has 0 aromatic carbocycles. The van der Waals surface area contributed by atoms with Crippen LogP contribution in [0.1, 0.15) is 38.1 Å². The van der Waals surface area contributed by atoms with E-state index in [9.17, 15) is 19.2 Å². The highest BCUT2D eigenvalue weighted by Gasteiger charge is 2.47. The molecule has 0 amide bonds. The largest absolute Gasteiger partial charge is 0.473 e. The summed E-state index contributed by atoms with van der Waals surface area (Å²) in [4.78, 5) is 50.4. The van der Waals surface area contributed by atoms with Crippen LogP contribution in [-0.2, 0) is 28.6 Å². The molecule has 9 nitrogen and oxygen atoms in total. The van der Waals surface area contributed by atoms with Crippen molar-refractivity contribution in [2.24, 2.45) is 0 Å². The zero-order chi connectivity index (χ0) is 20.8. The molecule has 28 heavy (non-hydrogen) atoms. The molecule has 152 valence electrons. The van der Waals surface area contributed by atoms with Gasteiger partial charge in [-0.3, -0.25) is 24.2 Å². The molecule has 1 aromatic rings. The first kappa shape index (κ1) is 21.7.